The van der Waals surface area contributed by atoms with Gasteiger partial charge in [0.05, 0.1) is 0 Å². The van der Waals surface area contributed by atoms with Gasteiger partial charge >= 0.3 is 0 Å². The lowest BCUT2D eigenvalue weighted by Gasteiger charge is -2.13. The maximum atomic E-state index is 11.0. The molecule has 0 aromatic rings. The molecule has 0 saturated carbocycles. The van der Waals surface area contributed by atoms with E-state index in [0.29, 0.717) is 26.1 Å². The van der Waals surface area contributed by atoms with Crippen molar-refractivity contribution in [1.82, 2.24) is 4.90 Å². The minimum Gasteiger partial charge on any atom is -0.340 e. The lowest BCUT2D eigenvalue weighted by atomic mass is 10.3. The number of hydrogen-bond donors (Lipinski definition) is 2. The molecular formula is C6H13N3O. The van der Waals surface area contributed by atoms with Gasteiger partial charge in [-0.05, 0) is 0 Å². The van der Waals surface area contributed by atoms with Gasteiger partial charge in [0, 0.05) is 32.1 Å². The van der Waals surface area contributed by atoms with Crippen LogP contribution >= 0.6 is 0 Å². The third-order valence-corrected chi connectivity index (χ3v) is 1.64. The highest BCUT2D eigenvalue weighted by Crippen LogP contribution is 2.06. The van der Waals surface area contributed by atoms with Gasteiger partial charge in [-0.25, -0.2) is 0 Å². The van der Waals surface area contributed by atoms with Crippen molar-refractivity contribution in [2.45, 2.75) is 12.5 Å². The molecule has 1 rings (SSSR count). The first-order valence-corrected chi connectivity index (χ1v) is 3.47. The normalized spacial score (nSPS) is 26.0. The molecule has 58 valence electrons. The van der Waals surface area contributed by atoms with E-state index in [2.05, 4.69) is 0 Å². The highest BCUT2D eigenvalue weighted by atomic mass is 16.2. The summed E-state index contributed by atoms with van der Waals surface area (Å²) in [7, 11) is 0. The van der Waals surface area contributed by atoms with Crippen molar-refractivity contribution in [3.05, 3.63) is 0 Å². The molecule has 1 fully saturated rings. The summed E-state index contributed by atoms with van der Waals surface area (Å²) in [6.07, 6.45) is 0.486. The molecule has 1 heterocycles. The third-order valence-electron chi connectivity index (χ3n) is 1.64. The van der Waals surface area contributed by atoms with Gasteiger partial charge in [-0.1, -0.05) is 0 Å². The highest BCUT2D eigenvalue weighted by molar-refractivity contribution is 5.79. The second kappa shape index (κ2) is 2.98. The maximum absolute atomic E-state index is 11.0. The summed E-state index contributed by atoms with van der Waals surface area (Å²) in [5.74, 6) is 0.137. The van der Waals surface area contributed by atoms with Gasteiger partial charge < -0.3 is 16.4 Å². The predicted octanol–water partition coefficient (Wildman–Crippen LogP) is -1.50. The van der Waals surface area contributed by atoms with Crippen LogP contribution < -0.4 is 11.5 Å². The molecule has 1 aliphatic heterocycles. The number of nitrogens with zero attached hydrogens (tertiary/aromatic N) is 1. The summed E-state index contributed by atoms with van der Waals surface area (Å²) >= 11 is 0. The fraction of sp³-hybridized carbons (Fsp3) is 0.833. The summed E-state index contributed by atoms with van der Waals surface area (Å²) in [4.78, 5) is 12.7. The first-order chi connectivity index (χ1) is 4.74. The summed E-state index contributed by atoms with van der Waals surface area (Å²) in [6, 6.07) is 0.0269. The van der Waals surface area contributed by atoms with Crippen molar-refractivity contribution in [3.8, 4) is 0 Å². The zero-order valence-electron chi connectivity index (χ0n) is 5.92. The van der Waals surface area contributed by atoms with Crippen LogP contribution in [0.3, 0.4) is 0 Å². The molecule has 1 amide bonds. The number of amides is 1. The first kappa shape index (κ1) is 7.50. The minimum absolute atomic E-state index is 0.0269. The standard InChI is InChI=1S/C6H13N3O/c7-1-2-9-4-5(8)3-6(9)10/h5H,1-4,7-8H2. The van der Waals surface area contributed by atoms with Gasteiger partial charge in [-0.3, -0.25) is 4.79 Å². The number of carbonyl (C=O) groups excluding carboxylic acids is 1. The van der Waals surface area contributed by atoms with E-state index in [4.69, 9.17) is 11.5 Å². The number of carbonyl (C=O) groups is 1. The molecule has 1 atom stereocenters. The molecule has 0 aromatic carbocycles. The molecule has 0 spiro atoms. The zero-order valence-corrected chi connectivity index (χ0v) is 5.92. The third kappa shape index (κ3) is 1.46. The fourth-order valence-corrected chi connectivity index (χ4v) is 1.17. The van der Waals surface area contributed by atoms with Gasteiger partial charge in [0.15, 0.2) is 0 Å². The monoisotopic (exact) mass is 143 g/mol. The lowest BCUT2D eigenvalue weighted by molar-refractivity contribution is -0.127. The van der Waals surface area contributed by atoms with E-state index in [9.17, 15) is 4.79 Å². The maximum Gasteiger partial charge on any atom is 0.224 e. The predicted molar refractivity (Wildman–Crippen MR) is 38.2 cm³/mol. The van der Waals surface area contributed by atoms with E-state index in [1.165, 1.54) is 0 Å². The van der Waals surface area contributed by atoms with Gasteiger partial charge in [-0.15, -0.1) is 0 Å². The largest absolute Gasteiger partial charge is 0.340 e. The van der Waals surface area contributed by atoms with Crippen LogP contribution in [0.5, 0.6) is 0 Å². The number of hydrogen-bond acceptors (Lipinski definition) is 3. The summed E-state index contributed by atoms with van der Waals surface area (Å²) in [5.41, 5.74) is 10.8. The van der Waals surface area contributed by atoms with Crippen molar-refractivity contribution in [2.24, 2.45) is 11.5 Å². The minimum atomic E-state index is 0.0269. The van der Waals surface area contributed by atoms with E-state index in [1.807, 2.05) is 0 Å². The Labute approximate surface area is 60.2 Å². The number of rotatable bonds is 2. The summed E-state index contributed by atoms with van der Waals surface area (Å²) in [6.45, 7) is 1.85. The van der Waals surface area contributed by atoms with Crippen LogP contribution in [0.4, 0.5) is 0 Å². The zero-order chi connectivity index (χ0) is 7.56. The van der Waals surface area contributed by atoms with Gasteiger partial charge in [0.2, 0.25) is 5.91 Å². The molecular weight excluding hydrogens is 130 g/mol. The fourth-order valence-electron chi connectivity index (χ4n) is 1.17. The second-order valence-corrected chi connectivity index (χ2v) is 2.59. The Morgan fingerprint density at radius 2 is 2.40 bits per heavy atom. The molecule has 10 heavy (non-hydrogen) atoms. The topological polar surface area (TPSA) is 72.3 Å². The smallest absolute Gasteiger partial charge is 0.224 e. The van der Waals surface area contributed by atoms with Crippen LogP contribution in [0.25, 0.3) is 0 Å². The van der Waals surface area contributed by atoms with Crippen LogP contribution in [-0.4, -0.2) is 36.5 Å². The molecule has 4 nitrogen and oxygen atoms in total. The van der Waals surface area contributed by atoms with Crippen LogP contribution in [0.2, 0.25) is 0 Å². The van der Waals surface area contributed by atoms with Crippen molar-refractivity contribution >= 4 is 5.91 Å². The highest BCUT2D eigenvalue weighted by Gasteiger charge is 2.25. The quantitative estimate of drug-likeness (QED) is 0.494. The van der Waals surface area contributed by atoms with Crippen LogP contribution in [-0.2, 0) is 4.79 Å². The Morgan fingerprint density at radius 1 is 1.70 bits per heavy atom. The van der Waals surface area contributed by atoms with E-state index in [-0.39, 0.29) is 11.9 Å². The summed E-state index contributed by atoms with van der Waals surface area (Å²) in [5, 5.41) is 0. The molecule has 4 N–H and O–H groups in total. The second-order valence-electron chi connectivity index (χ2n) is 2.59. The Balaban J connectivity index is 2.39. The van der Waals surface area contributed by atoms with E-state index >= 15 is 0 Å². The Kier molecular flexibility index (Phi) is 2.24. The Bertz CT molecular complexity index is 137. The van der Waals surface area contributed by atoms with Crippen molar-refractivity contribution in [3.63, 3.8) is 0 Å². The molecule has 0 aromatic heterocycles. The van der Waals surface area contributed by atoms with Gasteiger partial charge in [0.25, 0.3) is 0 Å². The van der Waals surface area contributed by atoms with Crippen LogP contribution in [0, 0.1) is 0 Å². The van der Waals surface area contributed by atoms with Crippen LogP contribution in [0.1, 0.15) is 6.42 Å². The molecule has 1 saturated heterocycles. The van der Waals surface area contributed by atoms with E-state index in [1.54, 1.807) is 4.90 Å². The molecule has 1 unspecified atom stereocenters. The molecule has 0 bridgehead atoms. The van der Waals surface area contributed by atoms with Crippen molar-refractivity contribution in [2.75, 3.05) is 19.6 Å². The molecule has 1 aliphatic rings. The Hall–Kier alpha value is -0.610. The average molecular weight is 143 g/mol. The average Bonchev–Trinajstić information content (AvgIpc) is 2.13. The SMILES string of the molecule is NCCN1CC(N)CC1=O. The van der Waals surface area contributed by atoms with Gasteiger partial charge in [-0.2, -0.15) is 0 Å². The number of nitrogens with two attached hydrogens (primary N) is 2. The van der Waals surface area contributed by atoms with Crippen LogP contribution in [0.15, 0.2) is 0 Å². The van der Waals surface area contributed by atoms with Crippen molar-refractivity contribution < 1.29 is 4.79 Å². The van der Waals surface area contributed by atoms with Crippen molar-refractivity contribution in [1.29, 1.82) is 0 Å². The summed E-state index contributed by atoms with van der Waals surface area (Å²) < 4.78 is 0. The first-order valence-electron chi connectivity index (χ1n) is 3.47. The van der Waals surface area contributed by atoms with E-state index in [0.717, 1.165) is 0 Å². The lowest BCUT2D eigenvalue weighted by Crippen LogP contribution is -2.32. The molecule has 4 heteroatoms. The number of likely N-dealkylation sites (tertiary alicyclic amines) is 1. The Morgan fingerprint density at radius 3 is 2.80 bits per heavy atom. The molecule has 0 radical (unpaired) electrons. The molecule has 0 aliphatic carbocycles. The van der Waals surface area contributed by atoms with Gasteiger partial charge in [0.1, 0.15) is 0 Å². The van der Waals surface area contributed by atoms with E-state index < -0.39 is 0 Å².